The summed E-state index contributed by atoms with van der Waals surface area (Å²) in [5.74, 6) is -0.544. The lowest BCUT2D eigenvalue weighted by molar-refractivity contribution is -0.121. The van der Waals surface area contributed by atoms with Crippen LogP contribution in [0.15, 0.2) is 24.3 Å². The minimum absolute atomic E-state index is 0.0408. The first kappa shape index (κ1) is 16.0. The van der Waals surface area contributed by atoms with Gasteiger partial charge in [0.05, 0.1) is 19.2 Å². The summed E-state index contributed by atoms with van der Waals surface area (Å²) in [6, 6.07) is 6.47. The van der Waals surface area contributed by atoms with Crippen LogP contribution in [0.5, 0.6) is 0 Å². The first-order valence-electron chi connectivity index (χ1n) is 6.48. The van der Waals surface area contributed by atoms with Gasteiger partial charge in [0.15, 0.2) is 0 Å². The maximum Gasteiger partial charge on any atom is 0.251 e. The number of nitrogens with one attached hydrogen (secondary N) is 2. The van der Waals surface area contributed by atoms with Crippen LogP contribution in [-0.2, 0) is 9.53 Å². The molecular formula is C14H21N3O3. The van der Waals surface area contributed by atoms with Gasteiger partial charge >= 0.3 is 0 Å². The van der Waals surface area contributed by atoms with Crippen molar-refractivity contribution in [3.05, 3.63) is 29.8 Å². The summed E-state index contributed by atoms with van der Waals surface area (Å²) in [6.07, 6.45) is 0.769. The van der Waals surface area contributed by atoms with Crippen LogP contribution in [0.25, 0.3) is 0 Å². The summed E-state index contributed by atoms with van der Waals surface area (Å²) in [7, 11) is 1.58. The Kier molecular flexibility index (Phi) is 6.52. The third-order valence-corrected chi connectivity index (χ3v) is 2.81. The molecule has 1 atom stereocenters. The zero-order valence-electron chi connectivity index (χ0n) is 11.8. The van der Waals surface area contributed by atoms with E-state index >= 15 is 0 Å². The monoisotopic (exact) mass is 279 g/mol. The molecule has 110 valence electrons. The van der Waals surface area contributed by atoms with Gasteiger partial charge in [-0.25, -0.2) is 0 Å². The Bertz CT molecular complexity index is 445. The van der Waals surface area contributed by atoms with Gasteiger partial charge in [0.25, 0.3) is 5.91 Å². The van der Waals surface area contributed by atoms with Crippen LogP contribution in [0.2, 0.25) is 0 Å². The van der Waals surface area contributed by atoms with E-state index in [0.29, 0.717) is 17.9 Å². The standard InChI is InChI=1S/C14H21N3O3/c1-3-12(9-20-2)17-13(18)8-16-14(19)10-4-6-11(15)7-5-10/h4-7,12H,3,8-9,15H2,1-2H3,(H,16,19)(H,17,18). The third kappa shape index (κ3) is 5.27. The van der Waals surface area contributed by atoms with Crippen molar-refractivity contribution in [3.8, 4) is 0 Å². The maximum absolute atomic E-state index is 11.8. The number of hydrogen-bond acceptors (Lipinski definition) is 4. The predicted molar refractivity (Wildman–Crippen MR) is 77.3 cm³/mol. The molecule has 20 heavy (non-hydrogen) atoms. The Balaban J connectivity index is 2.40. The Morgan fingerprint density at radius 1 is 1.30 bits per heavy atom. The summed E-state index contributed by atoms with van der Waals surface area (Å²) in [5.41, 5.74) is 6.60. The van der Waals surface area contributed by atoms with Crippen molar-refractivity contribution in [1.29, 1.82) is 0 Å². The second-order valence-electron chi connectivity index (χ2n) is 4.43. The molecule has 1 unspecified atom stereocenters. The molecule has 0 aliphatic carbocycles. The maximum atomic E-state index is 11.8. The fourth-order valence-electron chi connectivity index (χ4n) is 1.64. The molecule has 0 fully saturated rings. The highest BCUT2D eigenvalue weighted by Gasteiger charge is 2.11. The molecule has 0 saturated heterocycles. The van der Waals surface area contributed by atoms with Crippen molar-refractivity contribution in [1.82, 2.24) is 10.6 Å². The second kappa shape index (κ2) is 8.16. The number of carbonyl (C=O) groups is 2. The Morgan fingerprint density at radius 3 is 2.50 bits per heavy atom. The molecule has 1 rings (SSSR count). The molecule has 0 aromatic heterocycles. The molecule has 0 heterocycles. The van der Waals surface area contributed by atoms with Crippen LogP contribution in [0.1, 0.15) is 23.7 Å². The quantitative estimate of drug-likeness (QED) is 0.635. The van der Waals surface area contributed by atoms with E-state index in [1.807, 2.05) is 6.92 Å². The minimum atomic E-state index is -0.306. The second-order valence-corrected chi connectivity index (χ2v) is 4.43. The van der Waals surface area contributed by atoms with E-state index in [4.69, 9.17) is 10.5 Å². The van der Waals surface area contributed by atoms with Gasteiger partial charge in [-0.2, -0.15) is 0 Å². The van der Waals surface area contributed by atoms with Gasteiger partial charge in [-0.1, -0.05) is 6.92 Å². The molecule has 4 N–H and O–H groups in total. The van der Waals surface area contributed by atoms with E-state index in [2.05, 4.69) is 10.6 Å². The van der Waals surface area contributed by atoms with Gasteiger partial charge in [0.2, 0.25) is 5.91 Å². The predicted octanol–water partition coefficient (Wildman–Crippen LogP) is 0.540. The van der Waals surface area contributed by atoms with Crippen LogP contribution < -0.4 is 16.4 Å². The van der Waals surface area contributed by atoms with E-state index in [9.17, 15) is 9.59 Å². The Morgan fingerprint density at radius 2 is 1.95 bits per heavy atom. The average molecular weight is 279 g/mol. The van der Waals surface area contributed by atoms with E-state index < -0.39 is 0 Å². The number of anilines is 1. The molecule has 1 aromatic rings. The first-order valence-corrected chi connectivity index (χ1v) is 6.48. The molecular weight excluding hydrogens is 258 g/mol. The van der Waals surface area contributed by atoms with E-state index in [0.717, 1.165) is 6.42 Å². The van der Waals surface area contributed by atoms with E-state index in [1.165, 1.54) is 0 Å². The molecule has 0 aliphatic heterocycles. The number of carbonyl (C=O) groups excluding carboxylic acids is 2. The average Bonchev–Trinajstić information content (AvgIpc) is 2.45. The normalized spacial score (nSPS) is 11.7. The van der Waals surface area contributed by atoms with Crippen molar-refractivity contribution >= 4 is 17.5 Å². The molecule has 1 aromatic carbocycles. The number of hydrogen-bond donors (Lipinski definition) is 3. The molecule has 0 radical (unpaired) electrons. The highest BCUT2D eigenvalue weighted by molar-refractivity contribution is 5.96. The smallest absolute Gasteiger partial charge is 0.251 e. The van der Waals surface area contributed by atoms with Crippen molar-refractivity contribution in [2.24, 2.45) is 0 Å². The summed E-state index contributed by atoms with van der Waals surface area (Å²) >= 11 is 0. The Hall–Kier alpha value is -2.08. The number of methoxy groups -OCH3 is 1. The molecule has 0 aliphatic rings. The third-order valence-electron chi connectivity index (χ3n) is 2.81. The van der Waals surface area contributed by atoms with Crippen LogP contribution >= 0.6 is 0 Å². The molecule has 0 bridgehead atoms. The molecule has 6 heteroatoms. The number of nitrogens with two attached hydrogens (primary N) is 1. The van der Waals surface area contributed by atoms with Crippen LogP contribution in [0.3, 0.4) is 0 Å². The van der Waals surface area contributed by atoms with Crippen molar-refractivity contribution < 1.29 is 14.3 Å². The molecule has 6 nitrogen and oxygen atoms in total. The van der Waals surface area contributed by atoms with Gasteiger partial charge < -0.3 is 21.1 Å². The number of amides is 2. The molecule has 0 saturated carbocycles. The van der Waals surface area contributed by atoms with Crippen LogP contribution in [0, 0.1) is 0 Å². The summed E-state index contributed by atoms with van der Waals surface area (Å²) in [6.45, 7) is 2.34. The van der Waals surface area contributed by atoms with Gasteiger partial charge in [-0.05, 0) is 30.7 Å². The number of rotatable bonds is 7. The Labute approximate surface area is 118 Å². The molecule has 0 spiro atoms. The highest BCUT2D eigenvalue weighted by Crippen LogP contribution is 2.04. The van der Waals surface area contributed by atoms with E-state index in [1.54, 1.807) is 31.4 Å². The zero-order valence-corrected chi connectivity index (χ0v) is 11.8. The largest absolute Gasteiger partial charge is 0.399 e. The topological polar surface area (TPSA) is 93.5 Å². The summed E-state index contributed by atoms with van der Waals surface area (Å²) in [5, 5.41) is 5.34. The van der Waals surface area contributed by atoms with Gasteiger partial charge in [-0.3, -0.25) is 9.59 Å². The number of nitrogen functional groups attached to an aromatic ring is 1. The van der Waals surface area contributed by atoms with Gasteiger partial charge in [-0.15, -0.1) is 0 Å². The van der Waals surface area contributed by atoms with Crippen molar-refractivity contribution in [2.75, 3.05) is 26.0 Å². The zero-order chi connectivity index (χ0) is 15.0. The fraction of sp³-hybridized carbons (Fsp3) is 0.429. The highest BCUT2D eigenvalue weighted by atomic mass is 16.5. The SMILES string of the molecule is CCC(COC)NC(=O)CNC(=O)c1ccc(N)cc1. The lowest BCUT2D eigenvalue weighted by atomic mass is 10.2. The van der Waals surface area contributed by atoms with Gasteiger partial charge in [0.1, 0.15) is 0 Å². The number of ether oxygens (including phenoxy) is 1. The first-order chi connectivity index (χ1) is 9.56. The lowest BCUT2D eigenvalue weighted by Gasteiger charge is -2.16. The van der Waals surface area contributed by atoms with Crippen LogP contribution in [-0.4, -0.2) is 38.1 Å². The van der Waals surface area contributed by atoms with Crippen LogP contribution in [0.4, 0.5) is 5.69 Å². The van der Waals surface area contributed by atoms with Gasteiger partial charge in [0, 0.05) is 18.4 Å². The minimum Gasteiger partial charge on any atom is -0.399 e. The van der Waals surface area contributed by atoms with Crippen molar-refractivity contribution in [2.45, 2.75) is 19.4 Å². The summed E-state index contributed by atoms with van der Waals surface area (Å²) in [4.78, 5) is 23.5. The van der Waals surface area contributed by atoms with Crippen molar-refractivity contribution in [3.63, 3.8) is 0 Å². The lowest BCUT2D eigenvalue weighted by Crippen LogP contribution is -2.43. The summed E-state index contributed by atoms with van der Waals surface area (Å²) < 4.78 is 4.99. The van der Waals surface area contributed by atoms with E-state index in [-0.39, 0.29) is 24.4 Å². The number of benzene rings is 1. The fourth-order valence-corrected chi connectivity index (χ4v) is 1.64. The molecule has 2 amide bonds.